The molecule has 0 unspecified atom stereocenters. The van der Waals surface area contributed by atoms with Gasteiger partial charge in [-0.25, -0.2) is 9.59 Å². The molecule has 4 rings (SSSR count). The summed E-state index contributed by atoms with van der Waals surface area (Å²) >= 11 is 0. The lowest BCUT2D eigenvalue weighted by Crippen LogP contribution is -2.27. The monoisotopic (exact) mass is 420 g/mol. The van der Waals surface area contributed by atoms with E-state index in [9.17, 15) is 9.59 Å². The van der Waals surface area contributed by atoms with E-state index in [0.29, 0.717) is 12.2 Å². The van der Waals surface area contributed by atoms with E-state index in [0.717, 1.165) is 5.92 Å². The molecule has 0 amide bonds. The second kappa shape index (κ2) is 11.1. The smallest absolute Gasteiger partial charge is 0.328 e. The standard InChI is InChI=1S/C21H24N2.C4H4O4/c1-2-6-19(7-3-1)23-16-18(20-8-4-5-9-21(20)23)11-10-17-12-14-22-15-13-17;5-3(6)1-2-4(7)8/h1-9,16-17,22H,10-15H2;1-2H,(H,5,6)(H,7,8)/b;2-1+. The van der Waals surface area contributed by atoms with E-state index in [1.165, 1.54) is 60.9 Å². The average Bonchev–Trinajstić information content (AvgIpc) is 3.17. The normalized spacial score (nSPS) is 14.3. The fourth-order valence-corrected chi connectivity index (χ4v) is 3.92. The Kier molecular flexibility index (Phi) is 8.01. The van der Waals surface area contributed by atoms with Gasteiger partial charge in [0, 0.05) is 29.4 Å². The third kappa shape index (κ3) is 6.55. The Bertz CT molecular complexity index is 1020. The van der Waals surface area contributed by atoms with Crippen LogP contribution < -0.4 is 5.32 Å². The van der Waals surface area contributed by atoms with E-state index in [1.54, 1.807) is 0 Å². The van der Waals surface area contributed by atoms with Gasteiger partial charge in [-0.05, 0) is 68.5 Å². The molecule has 1 aliphatic rings. The Morgan fingerprint density at radius 3 is 2.19 bits per heavy atom. The molecular weight excluding hydrogens is 392 g/mol. The number of rotatable bonds is 6. The van der Waals surface area contributed by atoms with Crippen LogP contribution in [-0.4, -0.2) is 39.8 Å². The quantitative estimate of drug-likeness (QED) is 0.518. The molecule has 0 bridgehead atoms. The molecule has 0 radical (unpaired) electrons. The second-order valence-corrected chi connectivity index (χ2v) is 7.62. The summed E-state index contributed by atoms with van der Waals surface area (Å²) in [5.41, 5.74) is 4.05. The molecule has 0 spiro atoms. The summed E-state index contributed by atoms with van der Waals surface area (Å²) in [6, 6.07) is 19.5. The number of aliphatic carboxylic acids is 2. The summed E-state index contributed by atoms with van der Waals surface area (Å²) in [5, 5.41) is 20.5. The molecule has 2 aromatic carbocycles. The van der Waals surface area contributed by atoms with Crippen LogP contribution in [0, 0.1) is 5.92 Å². The van der Waals surface area contributed by atoms with E-state index < -0.39 is 11.9 Å². The van der Waals surface area contributed by atoms with Crippen LogP contribution in [0.1, 0.15) is 24.8 Å². The summed E-state index contributed by atoms with van der Waals surface area (Å²) in [6.07, 6.45) is 8.62. The van der Waals surface area contributed by atoms with E-state index in [-0.39, 0.29) is 0 Å². The number of carbonyl (C=O) groups is 2. The van der Waals surface area contributed by atoms with Gasteiger partial charge in [0.05, 0.1) is 5.52 Å². The van der Waals surface area contributed by atoms with Crippen LogP contribution in [0.3, 0.4) is 0 Å². The molecule has 0 saturated carbocycles. The van der Waals surface area contributed by atoms with Crippen molar-refractivity contribution in [3.8, 4) is 5.69 Å². The topological polar surface area (TPSA) is 91.6 Å². The summed E-state index contributed by atoms with van der Waals surface area (Å²) in [5.74, 6) is -1.63. The molecule has 0 atom stereocenters. The van der Waals surface area contributed by atoms with Crippen molar-refractivity contribution in [2.24, 2.45) is 5.92 Å². The lowest BCUT2D eigenvalue weighted by Gasteiger charge is -2.22. The van der Waals surface area contributed by atoms with Gasteiger partial charge in [0.15, 0.2) is 0 Å². The number of fused-ring (bicyclic) bond motifs is 1. The Balaban J connectivity index is 0.000000293. The predicted molar refractivity (Wildman–Crippen MR) is 122 cm³/mol. The SMILES string of the molecule is O=C(O)/C=C/C(=O)O.c1ccc(-n2cc(CCC3CCNCC3)c3ccccc32)cc1. The lowest BCUT2D eigenvalue weighted by molar-refractivity contribution is -0.134. The summed E-state index contributed by atoms with van der Waals surface area (Å²) < 4.78 is 2.34. The van der Waals surface area contributed by atoms with Gasteiger partial charge in [0.1, 0.15) is 0 Å². The Morgan fingerprint density at radius 1 is 0.935 bits per heavy atom. The molecule has 2 heterocycles. The number of aromatic nitrogens is 1. The first kappa shape index (κ1) is 22.3. The van der Waals surface area contributed by atoms with Crippen LogP contribution in [0.15, 0.2) is 72.9 Å². The fourth-order valence-electron chi connectivity index (χ4n) is 3.92. The first-order valence-corrected chi connectivity index (χ1v) is 10.5. The first-order valence-electron chi connectivity index (χ1n) is 10.5. The van der Waals surface area contributed by atoms with Crippen molar-refractivity contribution >= 4 is 22.8 Å². The molecule has 6 heteroatoms. The Hall–Kier alpha value is -3.38. The molecule has 1 fully saturated rings. The maximum Gasteiger partial charge on any atom is 0.328 e. The third-order valence-electron chi connectivity index (χ3n) is 5.48. The van der Waals surface area contributed by atoms with Crippen molar-refractivity contribution in [2.45, 2.75) is 25.7 Å². The number of nitrogens with one attached hydrogen (secondary N) is 1. The van der Waals surface area contributed by atoms with Gasteiger partial charge in [0.2, 0.25) is 0 Å². The molecule has 1 aromatic heterocycles. The number of nitrogens with zero attached hydrogens (tertiary/aromatic N) is 1. The van der Waals surface area contributed by atoms with E-state index in [1.807, 2.05) is 0 Å². The zero-order valence-corrected chi connectivity index (χ0v) is 17.4. The van der Waals surface area contributed by atoms with Crippen LogP contribution in [0.4, 0.5) is 0 Å². The first-order chi connectivity index (χ1) is 15.0. The Labute approximate surface area is 181 Å². The molecule has 6 nitrogen and oxygen atoms in total. The van der Waals surface area contributed by atoms with E-state index >= 15 is 0 Å². The minimum atomic E-state index is -1.26. The summed E-state index contributed by atoms with van der Waals surface area (Å²) in [6.45, 7) is 2.38. The largest absolute Gasteiger partial charge is 0.478 e. The molecule has 3 N–H and O–H groups in total. The van der Waals surface area contributed by atoms with Crippen molar-refractivity contribution < 1.29 is 19.8 Å². The summed E-state index contributed by atoms with van der Waals surface area (Å²) in [7, 11) is 0. The number of hydrogen-bond donors (Lipinski definition) is 3. The molecule has 1 aliphatic heterocycles. The number of para-hydroxylation sites is 2. The minimum absolute atomic E-state index is 0.558. The van der Waals surface area contributed by atoms with E-state index in [4.69, 9.17) is 10.2 Å². The highest BCUT2D eigenvalue weighted by atomic mass is 16.4. The number of benzene rings is 2. The van der Waals surface area contributed by atoms with Gasteiger partial charge in [0.25, 0.3) is 0 Å². The number of aryl methyl sites for hydroxylation is 1. The second-order valence-electron chi connectivity index (χ2n) is 7.62. The van der Waals surface area contributed by atoms with Gasteiger partial charge >= 0.3 is 11.9 Å². The lowest BCUT2D eigenvalue weighted by atomic mass is 9.91. The zero-order chi connectivity index (χ0) is 22.1. The number of piperidine rings is 1. The molecule has 162 valence electrons. The van der Waals surface area contributed by atoms with Crippen molar-refractivity contribution in [3.05, 3.63) is 78.5 Å². The average molecular weight is 421 g/mol. The summed E-state index contributed by atoms with van der Waals surface area (Å²) in [4.78, 5) is 19.1. The Morgan fingerprint density at radius 2 is 1.55 bits per heavy atom. The third-order valence-corrected chi connectivity index (χ3v) is 5.48. The number of hydrogen-bond acceptors (Lipinski definition) is 3. The highest BCUT2D eigenvalue weighted by Gasteiger charge is 2.15. The molecular formula is C25H28N2O4. The molecule has 31 heavy (non-hydrogen) atoms. The van der Waals surface area contributed by atoms with Crippen molar-refractivity contribution in [1.82, 2.24) is 9.88 Å². The van der Waals surface area contributed by atoms with Crippen molar-refractivity contribution in [1.29, 1.82) is 0 Å². The van der Waals surface area contributed by atoms with Gasteiger partial charge in [-0.15, -0.1) is 0 Å². The highest BCUT2D eigenvalue weighted by molar-refractivity contribution is 5.89. The van der Waals surface area contributed by atoms with Gasteiger partial charge in [-0.1, -0.05) is 36.4 Å². The molecule has 1 saturated heterocycles. The van der Waals surface area contributed by atoms with Crippen molar-refractivity contribution in [2.75, 3.05) is 13.1 Å². The minimum Gasteiger partial charge on any atom is -0.478 e. The van der Waals surface area contributed by atoms with Gasteiger partial charge < -0.3 is 20.1 Å². The number of carboxylic acids is 2. The van der Waals surface area contributed by atoms with Crippen LogP contribution in [-0.2, 0) is 16.0 Å². The predicted octanol–water partition coefficient (Wildman–Crippen LogP) is 4.27. The van der Waals surface area contributed by atoms with Gasteiger partial charge in [-0.3, -0.25) is 0 Å². The maximum atomic E-state index is 9.55. The number of carboxylic acid groups (broad SMARTS) is 2. The van der Waals surface area contributed by atoms with Crippen LogP contribution >= 0.6 is 0 Å². The maximum absolute atomic E-state index is 9.55. The van der Waals surface area contributed by atoms with Crippen LogP contribution in [0.2, 0.25) is 0 Å². The fraction of sp³-hybridized carbons (Fsp3) is 0.280. The highest BCUT2D eigenvalue weighted by Crippen LogP contribution is 2.27. The van der Waals surface area contributed by atoms with Crippen LogP contribution in [0.25, 0.3) is 16.6 Å². The van der Waals surface area contributed by atoms with Crippen LogP contribution in [0.5, 0.6) is 0 Å². The van der Waals surface area contributed by atoms with E-state index in [2.05, 4.69) is 70.7 Å². The van der Waals surface area contributed by atoms with Crippen molar-refractivity contribution in [3.63, 3.8) is 0 Å². The molecule has 3 aromatic rings. The zero-order valence-electron chi connectivity index (χ0n) is 17.4. The molecule has 0 aliphatic carbocycles. The van der Waals surface area contributed by atoms with Gasteiger partial charge in [-0.2, -0.15) is 0 Å².